The van der Waals surface area contributed by atoms with E-state index in [0.717, 1.165) is 0 Å². The third kappa shape index (κ3) is 3.96. The summed E-state index contributed by atoms with van der Waals surface area (Å²) in [5.74, 6) is -2.10. The second-order valence-electron chi connectivity index (χ2n) is 7.20. The van der Waals surface area contributed by atoms with Crippen LogP contribution in [0, 0.1) is 17.8 Å². The van der Waals surface area contributed by atoms with Gasteiger partial charge < -0.3 is 9.84 Å². The smallest absolute Gasteiger partial charge is 0.426 e. The average molecular weight is 374 g/mol. The van der Waals surface area contributed by atoms with Gasteiger partial charge in [0, 0.05) is 5.57 Å². The maximum atomic E-state index is 12.9. The molecule has 0 aliphatic heterocycles. The number of ether oxygens (including phenoxy) is 1. The number of esters is 1. The first kappa shape index (κ1) is 20.1. The van der Waals surface area contributed by atoms with Crippen molar-refractivity contribution in [2.24, 2.45) is 17.8 Å². The van der Waals surface area contributed by atoms with E-state index in [4.69, 9.17) is 4.74 Å². The van der Waals surface area contributed by atoms with Crippen molar-refractivity contribution < 1.29 is 41.0 Å². The van der Waals surface area contributed by atoms with Crippen LogP contribution >= 0.6 is 0 Å². The highest BCUT2D eigenvalue weighted by atomic mass is 19.4. The minimum Gasteiger partial charge on any atom is -0.459 e. The number of aliphatic hydroxyl groups is 1. The lowest BCUT2D eigenvalue weighted by Crippen LogP contribution is -2.58. The molecule has 25 heavy (non-hydrogen) atoms. The van der Waals surface area contributed by atoms with Crippen molar-refractivity contribution in [3.8, 4) is 0 Å². The minimum atomic E-state index is -5.80. The molecule has 0 aromatic carbocycles. The zero-order valence-corrected chi connectivity index (χ0v) is 13.6. The lowest BCUT2D eigenvalue weighted by molar-refractivity contribution is -0.373. The number of rotatable bonds is 4. The van der Waals surface area contributed by atoms with E-state index in [2.05, 4.69) is 6.58 Å². The Morgan fingerprint density at radius 2 is 1.64 bits per heavy atom. The van der Waals surface area contributed by atoms with Crippen molar-refractivity contribution in [2.45, 2.75) is 63.1 Å². The van der Waals surface area contributed by atoms with Gasteiger partial charge >= 0.3 is 18.3 Å². The number of halogens is 6. The SMILES string of the molecule is C=C(C)C(=O)OC1CC2CC(C1)C(CC(O)(C(F)(F)F)C(F)(F)F)C2. The zero-order valence-electron chi connectivity index (χ0n) is 13.6. The lowest BCUT2D eigenvalue weighted by Gasteiger charge is -2.36. The monoisotopic (exact) mass is 374 g/mol. The molecule has 0 aromatic heterocycles. The van der Waals surface area contributed by atoms with E-state index in [1.807, 2.05) is 0 Å². The van der Waals surface area contributed by atoms with Gasteiger partial charge in [-0.25, -0.2) is 4.79 Å². The van der Waals surface area contributed by atoms with Crippen molar-refractivity contribution in [3.05, 3.63) is 12.2 Å². The summed E-state index contributed by atoms with van der Waals surface area (Å²) < 4.78 is 82.5. The first-order chi connectivity index (χ1) is 11.2. The van der Waals surface area contributed by atoms with Gasteiger partial charge in [0.25, 0.3) is 5.60 Å². The first-order valence-electron chi connectivity index (χ1n) is 7.97. The Morgan fingerprint density at radius 1 is 1.08 bits per heavy atom. The van der Waals surface area contributed by atoms with Crippen molar-refractivity contribution in [2.75, 3.05) is 0 Å². The van der Waals surface area contributed by atoms with E-state index in [1.165, 1.54) is 6.92 Å². The van der Waals surface area contributed by atoms with Gasteiger partial charge in [0.15, 0.2) is 0 Å². The Labute approximate surface area is 141 Å². The van der Waals surface area contributed by atoms with Crippen LogP contribution in [0.25, 0.3) is 0 Å². The number of fused-ring (bicyclic) bond motifs is 2. The number of carbonyl (C=O) groups excluding carboxylic acids is 1. The van der Waals surface area contributed by atoms with Crippen LogP contribution in [0.4, 0.5) is 26.3 Å². The average Bonchev–Trinajstić information content (AvgIpc) is 2.70. The summed E-state index contributed by atoms with van der Waals surface area (Å²) in [6, 6.07) is 0. The van der Waals surface area contributed by atoms with Gasteiger partial charge in [-0.2, -0.15) is 26.3 Å². The summed E-state index contributed by atoms with van der Waals surface area (Å²) in [5.41, 5.74) is -4.54. The molecule has 0 aromatic rings. The van der Waals surface area contributed by atoms with Crippen LogP contribution in [0.3, 0.4) is 0 Å². The molecular weight excluding hydrogens is 354 g/mol. The molecule has 4 unspecified atom stereocenters. The molecule has 0 radical (unpaired) electrons. The fraction of sp³-hybridized carbons (Fsp3) is 0.812. The van der Waals surface area contributed by atoms with E-state index in [-0.39, 0.29) is 24.3 Å². The topological polar surface area (TPSA) is 46.5 Å². The Bertz CT molecular complexity index is 525. The quantitative estimate of drug-likeness (QED) is 0.457. The summed E-state index contributed by atoms with van der Waals surface area (Å²) in [4.78, 5) is 11.6. The van der Waals surface area contributed by atoms with E-state index in [1.54, 1.807) is 0 Å². The second kappa shape index (κ2) is 6.48. The molecule has 2 rings (SSSR count). The molecule has 144 valence electrons. The van der Waals surface area contributed by atoms with Gasteiger partial charge in [0.1, 0.15) is 6.10 Å². The summed E-state index contributed by atoms with van der Waals surface area (Å²) in [7, 11) is 0. The van der Waals surface area contributed by atoms with Crippen molar-refractivity contribution >= 4 is 5.97 Å². The zero-order chi connectivity index (χ0) is 19.2. The highest BCUT2D eigenvalue weighted by Gasteiger charge is 2.71. The number of carbonyl (C=O) groups is 1. The Balaban J connectivity index is 2.10. The van der Waals surface area contributed by atoms with Crippen LogP contribution in [0.15, 0.2) is 12.2 Å². The molecule has 2 aliphatic rings. The fourth-order valence-corrected chi connectivity index (χ4v) is 3.99. The Morgan fingerprint density at radius 3 is 2.12 bits per heavy atom. The van der Waals surface area contributed by atoms with Gasteiger partial charge in [0.2, 0.25) is 0 Å². The van der Waals surface area contributed by atoms with Crippen molar-refractivity contribution in [1.82, 2.24) is 0 Å². The number of hydrogen-bond donors (Lipinski definition) is 1. The predicted octanol–water partition coefficient (Wildman–Crippen LogP) is 4.16. The van der Waals surface area contributed by atoms with Crippen molar-refractivity contribution in [1.29, 1.82) is 0 Å². The molecule has 3 nitrogen and oxygen atoms in total. The largest absolute Gasteiger partial charge is 0.459 e. The molecule has 1 N–H and O–H groups in total. The Hall–Kier alpha value is -1.25. The lowest BCUT2D eigenvalue weighted by atomic mass is 9.80. The third-order valence-corrected chi connectivity index (χ3v) is 5.22. The maximum absolute atomic E-state index is 12.9. The molecule has 0 spiro atoms. The summed E-state index contributed by atoms with van der Waals surface area (Å²) in [6.45, 7) is 4.89. The second-order valence-corrected chi connectivity index (χ2v) is 7.20. The third-order valence-electron chi connectivity index (χ3n) is 5.22. The van der Waals surface area contributed by atoms with Crippen LogP contribution in [0.5, 0.6) is 0 Å². The van der Waals surface area contributed by atoms with Gasteiger partial charge in [0.05, 0.1) is 0 Å². The number of alkyl halides is 6. The summed E-state index contributed by atoms with van der Waals surface area (Å²) in [6.07, 6.45) is -12.3. The summed E-state index contributed by atoms with van der Waals surface area (Å²) in [5, 5.41) is 9.40. The van der Waals surface area contributed by atoms with Crippen LogP contribution in [-0.4, -0.2) is 35.1 Å². The van der Waals surface area contributed by atoms with E-state index < -0.39 is 48.3 Å². The van der Waals surface area contributed by atoms with Gasteiger partial charge in [-0.05, 0) is 56.8 Å². The molecule has 9 heteroatoms. The molecular formula is C16H20F6O3. The normalized spacial score (nSPS) is 30.2. The standard InChI is InChI=1S/C16H20F6O3/c1-8(2)13(23)25-12-5-9-3-10(6-12)11(4-9)7-14(24,15(17,18)19)16(20,21)22/h9-12,24H,1,3-7H2,2H3. The fourth-order valence-electron chi connectivity index (χ4n) is 3.99. The van der Waals surface area contributed by atoms with Crippen LogP contribution in [0.1, 0.15) is 39.0 Å². The van der Waals surface area contributed by atoms with Crippen LogP contribution in [0.2, 0.25) is 0 Å². The maximum Gasteiger partial charge on any atom is 0.426 e. The molecule has 0 saturated heterocycles. The molecule has 2 bridgehead atoms. The minimum absolute atomic E-state index is 0.114. The van der Waals surface area contributed by atoms with Gasteiger partial charge in [-0.3, -0.25) is 0 Å². The van der Waals surface area contributed by atoms with E-state index in [0.29, 0.717) is 12.8 Å². The van der Waals surface area contributed by atoms with E-state index in [9.17, 15) is 36.2 Å². The molecule has 2 aliphatic carbocycles. The summed E-state index contributed by atoms with van der Waals surface area (Å²) >= 11 is 0. The highest BCUT2D eigenvalue weighted by molar-refractivity contribution is 5.87. The van der Waals surface area contributed by atoms with Gasteiger partial charge in [-0.15, -0.1) is 0 Å². The molecule has 0 heterocycles. The highest BCUT2D eigenvalue weighted by Crippen LogP contribution is 2.54. The van der Waals surface area contributed by atoms with Crippen molar-refractivity contribution in [3.63, 3.8) is 0 Å². The predicted molar refractivity (Wildman–Crippen MR) is 75.3 cm³/mol. The van der Waals surface area contributed by atoms with E-state index >= 15 is 0 Å². The number of hydrogen-bond acceptors (Lipinski definition) is 3. The van der Waals surface area contributed by atoms with Crippen LogP contribution in [-0.2, 0) is 9.53 Å². The molecule has 2 fully saturated rings. The first-order valence-corrected chi connectivity index (χ1v) is 7.97. The molecule has 4 atom stereocenters. The molecule has 0 amide bonds. The Kier molecular flexibility index (Phi) is 5.20. The van der Waals surface area contributed by atoms with Crippen LogP contribution < -0.4 is 0 Å². The van der Waals surface area contributed by atoms with Gasteiger partial charge in [-0.1, -0.05) is 6.58 Å². The molecule has 2 saturated carbocycles.